The van der Waals surface area contributed by atoms with Gasteiger partial charge in [-0.3, -0.25) is 14.4 Å². The number of benzene rings is 2. The van der Waals surface area contributed by atoms with Gasteiger partial charge in [0.1, 0.15) is 11.6 Å². The van der Waals surface area contributed by atoms with Gasteiger partial charge in [-0.25, -0.2) is 0 Å². The minimum absolute atomic E-state index is 0.0471. The maximum Gasteiger partial charge on any atom is 0.246 e. The Balaban J connectivity index is 1.26. The summed E-state index contributed by atoms with van der Waals surface area (Å²) in [6.07, 6.45) is 6.37. The Labute approximate surface area is 261 Å². The van der Waals surface area contributed by atoms with Crippen molar-refractivity contribution in [2.24, 2.45) is 23.7 Å². The van der Waals surface area contributed by atoms with Crippen molar-refractivity contribution in [3.63, 3.8) is 0 Å². The molecule has 3 heterocycles. The molecule has 4 aliphatic rings. The van der Waals surface area contributed by atoms with E-state index in [2.05, 4.69) is 41.5 Å². The van der Waals surface area contributed by atoms with Gasteiger partial charge in [-0.15, -0.1) is 0 Å². The minimum atomic E-state index is -1.17. The molecule has 2 aromatic carbocycles. The van der Waals surface area contributed by atoms with E-state index in [0.717, 1.165) is 36.9 Å². The number of fused-ring (bicyclic) bond motifs is 1. The smallest absolute Gasteiger partial charge is 0.246 e. The molecule has 8 heteroatoms. The number of nitrogens with zero attached hydrogens (tertiary/aromatic N) is 2. The summed E-state index contributed by atoms with van der Waals surface area (Å²) >= 11 is 0. The van der Waals surface area contributed by atoms with Crippen LogP contribution in [0.2, 0.25) is 0 Å². The van der Waals surface area contributed by atoms with Crippen LogP contribution in [0, 0.1) is 37.5 Å². The first-order chi connectivity index (χ1) is 21.1. The quantitative estimate of drug-likeness (QED) is 0.416. The Morgan fingerprint density at radius 2 is 1.82 bits per heavy atom. The average molecular weight is 599 g/mol. The number of carbonyl (C=O) groups is 3. The number of carbonyl (C=O) groups excluding carboxylic acids is 3. The number of rotatable bonds is 9. The molecule has 3 aliphatic heterocycles. The molecule has 0 radical (unpaired) electrons. The second kappa shape index (κ2) is 12.1. The first-order valence-electron chi connectivity index (χ1n) is 16.2. The van der Waals surface area contributed by atoms with Crippen LogP contribution in [0.25, 0.3) is 0 Å². The number of likely N-dealkylation sites (N-methyl/N-ethyl adjacent to an activating group) is 1. The van der Waals surface area contributed by atoms with Gasteiger partial charge >= 0.3 is 0 Å². The zero-order valence-corrected chi connectivity index (χ0v) is 26.6. The van der Waals surface area contributed by atoms with Crippen molar-refractivity contribution in [3.05, 3.63) is 77.4 Å². The lowest BCUT2D eigenvalue weighted by Crippen LogP contribution is -2.58. The van der Waals surface area contributed by atoms with Crippen LogP contribution in [0.1, 0.15) is 49.8 Å². The first kappa shape index (κ1) is 30.5. The Morgan fingerprint density at radius 1 is 1.05 bits per heavy atom. The van der Waals surface area contributed by atoms with Crippen molar-refractivity contribution in [1.29, 1.82) is 0 Å². The van der Waals surface area contributed by atoms with E-state index in [4.69, 9.17) is 4.74 Å². The highest BCUT2D eigenvalue weighted by atomic mass is 16.5. The second-order valence-electron chi connectivity index (χ2n) is 13.6. The van der Waals surface area contributed by atoms with E-state index in [0.29, 0.717) is 30.6 Å². The van der Waals surface area contributed by atoms with Gasteiger partial charge in [-0.05, 0) is 68.0 Å². The molecule has 2 N–H and O–H groups in total. The molecule has 1 spiro atoms. The lowest BCUT2D eigenvalue weighted by Gasteiger charge is -2.38. The fourth-order valence-electron chi connectivity index (χ4n) is 7.85. The fourth-order valence-corrected chi connectivity index (χ4v) is 7.85. The summed E-state index contributed by atoms with van der Waals surface area (Å²) in [5.41, 5.74) is 2.93. The molecular formula is C36H46N4O4. The number of amides is 3. The first-order valence-corrected chi connectivity index (χ1v) is 16.2. The molecule has 234 valence electrons. The molecule has 8 nitrogen and oxygen atoms in total. The van der Waals surface area contributed by atoms with Crippen molar-refractivity contribution in [2.75, 3.05) is 25.5 Å². The Bertz CT molecular complexity index is 1440. The molecule has 8 atom stereocenters. The summed E-state index contributed by atoms with van der Waals surface area (Å²) in [4.78, 5) is 46.3. The maximum absolute atomic E-state index is 14.4. The van der Waals surface area contributed by atoms with E-state index in [1.165, 1.54) is 5.56 Å². The number of hydrogen-bond donors (Lipinski definition) is 2. The predicted octanol–water partition coefficient (Wildman–Crippen LogP) is 4.47. The minimum Gasteiger partial charge on any atom is -0.359 e. The third-order valence-electron chi connectivity index (χ3n) is 10.8. The number of likely N-dealkylation sites (tertiary alicyclic amines) is 1. The molecule has 2 bridgehead atoms. The molecule has 2 saturated heterocycles. The van der Waals surface area contributed by atoms with Gasteiger partial charge in [0, 0.05) is 31.4 Å². The van der Waals surface area contributed by atoms with E-state index < -0.39 is 29.6 Å². The van der Waals surface area contributed by atoms with Crippen LogP contribution in [0.15, 0.2) is 60.7 Å². The van der Waals surface area contributed by atoms with E-state index >= 15 is 0 Å². The molecule has 1 saturated carbocycles. The van der Waals surface area contributed by atoms with E-state index in [1.807, 2.05) is 69.4 Å². The van der Waals surface area contributed by atoms with E-state index in [9.17, 15) is 14.4 Å². The lowest BCUT2D eigenvalue weighted by molar-refractivity contribution is -0.141. The van der Waals surface area contributed by atoms with Crippen molar-refractivity contribution in [1.82, 2.24) is 15.1 Å². The van der Waals surface area contributed by atoms with Crippen LogP contribution in [0.4, 0.5) is 5.69 Å². The highest BCUT2D eigenvalue weighted by molar-refractivity contribution is 6.02. The van der Waals surface area contributed by atoms with Gasteiger partial charge in [0.2, 0.25) is 17.7 Å². The van der Waals surface area contributed by atoms with Gasteiger partial charge in [-0.2, -0.15) is 0 Å². The zero-order valence-electron chi connectivity index (χ0n) is 26.6. The van der Waals surface area contributed by atoms with Crippen LogP contribution in [0.5, 0.6) is 0 Å². The number of anilines is 1. The van der Waals surface area contributed by atoms with Crippen LogP contribution in [0.3, 0.4) is 0 Å². The summed E-state index contributed by atoms with van der Waals surface area (Å²) < 4.78 is 6.56. The molecular weight excluding hydrogens is 552 g/mol. The molecule has 0 aromatic heterocycles. The van der Waals surface area contributed by atoms with Gasteiger partial charge in [0.05, 0.1) is 17.9 Å². The monoisotopic (exact) mass is 598 g/mol. The summed E-state index contributed by atoms with van der Waals surface area (Å²) in [6.45, 7) is 10.2. The Morgan fingerprint density at radius 3 is 2.57 bits per heavy atom. The van der Waals surface area contributed by atoms with Crippen molar-refractivity contribution in [3.8, 4) is 0 Å². The second-order valence-corrected chi connectivity index (χ2v) is 13.6. The summed E-state index contributed by atoms with van der Waals surface area (Å²) in [6, 6.07) is 15.2. The van der Waals surface area contributed by atoms with Gasteiger partial charge < -0.3 is 25.2 Å². The molecule has 2 aromatic rings. The summed E-state index contributed by atoms with van der Waals surface area (Å²) in [7, 11) is 2.02. The number of ether oxygens (including phenoxy) is 1. The van der Waals surface area contributed by atoms with Gasteiger partial charge in [0.15, 0.2) is 0 Å². The molecule has 44 heavy (non-hydrogen) atoms. The number of aryl methyl sites for hydroxylation is 2. The average Bonchev–Trinajstić information content (AvgIpc) is 3.64. The van der Waals surface area contributed by atoms with Crippen LogP contribution in [-0.2, 0) is 25.7 Å². The summed E-state index contributed by atoms with van der Waals surface area (Å²) in [5.74, 6) is -1.23. The van der Waals surface area contributed by atoms with Crippen molar-refractivity contribution < 1.29 is 19.1 Å². The van der Waals surface area contributed by atoms with Crippen LogP contribution >= 0.6 is 0 Å². The number of nitrogens with one attached hydrogen (secondary N) is 2. The fraction of sp³-hybridized carbons (Fsp3) is 0.528. The molecule has 0 unspecified atom stereocenters. The standard InChI is InChI=1S/C36H46N4O4/c1-22-14-15-27(20-24(22)3)37-33(41)30-29-16-17-36(44-29)31(30)35(43)40(19-18-39(5)21-26-11-7-6-8-12-26)32(36)34(42)38-28-13-9-10-23(2)25(28)4/h6-8,11-12,14-17,20,23,25,28-32H,9-10,13,18-19,21H2,1-5H3,(H,37,41)(H,38,42)/t23-,25-,28+,29-,30+,31-,32-,36-/m0/s1. The molecule has 3 amide bonds. The third kappa shape index (κ3) is 5.47. The van der Waals surface area contributed by atoms with E-state index in [-0.39, 0.29) is 23.8 Å². The van der Waals surface area contributed by atoms with Crippen molar-refractivity contribution >= 4 is 23.4 Å². The topological polar surface area (TPSA) is 91.0 Å². The molecule has 3 fully saturated rings. The molecule has 6 rings (SSSR count). The third-order valence-corrected chi connectivity index (χ3v) is 10.8. The van der Waals surface area contributed by atoms with Crippen LogP contribution < -0.4 is 10.6 Å². The van der Waals surface area contributed by atoms with Crippen LogP contribution in [-0.4, -0.2) is 71.4 Å². The lowest BCUT2D eigenvalue weighted by atomic mass is 9.73. The van der Waals surface area contributed by atoms with Crippen molar-refractivity contribution in [2.45, 2.75) is 77.3 Å². The summed E-state index contributed by atoms with van der Waals surface area (Å²) in [5, 5.41) is 6.39. The maximum atomic E-state index is 14.4. The zero-order chi connectivity index (χ0) is 31.2. The Hall–Kier alpha value is -3.49. The predicted molar refractivity (Wildman–Crippen MR) is 171 cm³/mol. The largest absolute Gasteiger partial charge is 0.359 e. The highest BCUT2D eigenvalue weighted by Gasteiger charge is 2.72. The van der Waals surface area contributed by atoms with Gasteiger partial charge in [-0.1, -0.05) is 75.2 Å². The van der Waals surface area contributed by atoms with Gasteiger partial charge in [0.25, 0.3) is 0 Å². The SMILES string of the molecule is Cc1ccc(NC(=O)[C@@H]2[C@@H]3C=C[C@]4(O3)[C@@H]2C(=O)N(CCN(C)Cc2ccccc2)[C@H]4C(=O)N[C@@H]2CCC[C@H](C)[C@@H]2C)cc1C. The highest BCUT2D eigenvalue weighted by Crippen LogP contribution is 2.55. The van der Waals surface area contributed by atoms with E-state index in [1.54, 1.807) is 4.90 Å². The molecule has 1 aliphatic carbocycles. The Kier molecular flexibility index (Phi) is 8.42. The number of hydrogen-bond acceptors (Lipinski definition) is 5. The normalized spacial score (nSPS) is 32.3.